The number of carbonyl (C=O) groups excluding carboxylic acids is 2. The number of hydrogen-bond donors (Lipinski definition) is 0. The lowest BCUT2D eigenvalue weighted by Gasteiger charge is -2.35. The van der Waals surface area contributed by atoms with Crippen molar-refractivity contribution >= 4 is 11.8 Å². The van der Waals surface area contributed by atoms with Gasteiger partial charge in [0.1, 0.15) is 0 Å². The van der Waals surface area contributed by atoms with Gasteiger partial charge in [-0.1, -0.05) is 13.8 Å². The van der Waals surface area contributed by atoms with Crippen LogP contribution in [0.2, 0.25) is 0 Å². The number of likely N-dealkylation sites (N-methyl/N-ethyl adjacent to an activating group) is 1. The van der Waals surface area contributed by atoms with Crippen LogP contribution < -0.4 is 0 Å². The van der Waals surface area contributed by atoms with Gasteiger partial charge in [0.2, 0.25) is 0 Å². The smallest absolute Gasteiger partial charge is 0.312 e. The number of carbonyl (C=O) groups is 2. The topological polar surface area (TPSA) is 53.5 Å². The zero-order valence-corrected chi connectivity index (χ0v) is 14.4. The second-order valence-corrected chi connectivity index (χ2v) is 6.65. The largest absolute Gasteiger partial charge is 0.334 e. The van der Waals surface area contributed by atoms with Crippen LogP contribution in [0.3, 0.4) is 0 Å². The molecule has 0 saturated carbocycles. The van der Waals surface area contributed by atoms with Crippen molar-refractivity contribution in [2.24, 2.45) is 11.8 Å². The molecule has 1 fully saturated rings. The molecule has 126 valence electrons. The molecule has 0 spiro atoms. The number of pyridine rings is 1. The molecular formula is C18H27N3O2. The van der Waals surface area contributed by atoms with Crippen LogP contribution in [0.25, 0.3) is 0 Å². The number of aromatic nitrogens is 1. The van der Waals surface area contributed by atoms with Crippen molar-refractivity contribution in [3.63, 3.8) is 0 Å². The fourth-order valence-corrected chi connectivity index (χ4v) is 3.32. The van der Waals surface area contributed by atoms with Crippen LogP contribution in [0, 0.1) is 11.8 Å². The maximum absolute atomic E-state index is 12.5. The van der Waals surface area contributed by atoms with Crippen LogP contribution in [-0.2, 0) is 16.0 Å². The molecule has 0 N–H and O–H groups in total. The number of piperidine rings is 1. The molecule has 2 atom stereocenters. The van der Waals surface area contributed by atoms with Crippen molar-refractivity contribution in [2.75, 3.05) is 26.2 Å². The number of likely N-dealkylation sites (tertiary alicyclic amines) is 1. The predicted molar refractivity (Wildman–Crippen MR) is 89.7 cm³/mol. The van der Waals surface area contributed by atoms with Gasteiger partial charge in [-0.05, 0) is 49.3 Å². The molecule has 0 aliphatic carbocycles. The molecule has 23 heavy (non-hydrogen) atoms. The van der Waals surface area contributed by atoms with Gasteiger partial charge in [-0.2, -0.15) is 0 Å². The fourth-order valence-electron chi connectivity index (χ4n) is 3.32. The van der Waals surface area contributed by atoms with E-state index in [9.17, 15) is 9.59 Å². The minimum Gasteiger partial charge on any atom is -0.334 e. The summed E-state index contributed by atoms with van der Waals surface area (Å²) < 4.78 is 0. The Bertz CT molecular complexity index is 522. The lowest BCUT2D eigenvalue weighted by atomic mass is 9.92. The third kappa shape index (κ3) is 4.78. The molecule has 1 aliphatic rings. The van der Waals surface area contributed by atoms with E-state index in [0.29, 0.717) is 38.0 Å². The quantitative estimate of drug-likeness (QED) is 0.798. The van der Waals surface area contributed by atoms with E-state index in [1.807, 2.05) is 19.1 Å². The molecule has 2 amide bonds. The summed E-state index contributed by atoms with van der Waals surface area (Å²) in [6.07, 6.45) is 5.35. The number of rotatable bonds is 4. The lowest BCUT2D eigenvalue weighted by molar-refractivity contribution is -0.153. The summed E-state index contributed by atoms with van der Waals surface area (Å²) in [5.74, 6) is 0.202. The molecule has 2 heterocycles. The average molecular weight is 317 g/mol. The van der Waals surface area contributed by atoms with Crippen molar-refractivity contribution in [1.82, 2.24) is 14.8 Å². The number of nitrogens with zero attached hydrogens (tertiary/aromatic N) is 3. The van der Waals surface area contributed by atoms with E-state index >= 15 is 0 Å². The van der Waals surface area contributed by atoms with Crippen LogP contribution in [0.4, 0.5) is 0 Å². The van der Waals surface area contributed by atoms with E-state index < -0.39 is 0 Å². The predicted octanol–water partition coefficient (Wildman–Crippen LogP) is 1.98. The van der Waals surface area contributed by atoms with Crippen LogP contribution in [-0.4, -0.2) is 52.8 Å². The standard InChI is InChI=1S/C18H27N3O2/c1-4-20(10-7-16-5-8-19-9-6-16)17(22)18(23)21-12-14(2)11-15(3)13-21/h5-6,8-9,14-15H,4,7,10-13H2,1-3H3. The molecule has 5 heteroatoms. The van der Waals surface area contributed by atoms with Gasteiger partial charge in [-0.3, -0.25) is 14.6 Å². The second kappa shape index (κ2) is 8.09. The molecule has 0 radical (unpaired) electrons. The van der Waals surface area contributed by atoms with E-state index in [2.05, 4.69) is 18.8 Å². The molecule has 1 aromatic rings. The molecule has 1 aliphatic heterocycles. The van der Waals surface area contributed by atoms with Crippen molar-refractivity contribution in [2.45, 2.75) is 33.6 Å². The number of hydrogen-bond acceptors (Lipinski definition) is 3. The third-order valence-corrected chi connectivity index (χ3v) is 4.43. The van der Waals surface area contributed by atoms with Crippen molar-refractivity contribution < 1.29 is 9.59 Å². The minimum atomic E-state index is -0.372. The summed E-state index contributed by atoms with van der Waals surface area (Å²) in [5.41, 5.74) is 1.12. The summed E-state index contributed by atoms with van der Waals surface area (Å²) >= 11 is 0. The van der Waals surface area contributed by atoms with E-state index in [4.69, 9.17) is 0 Å². The third-order valence-electron chi connectivity index (χ3n) is 4.43. The zero-order valence-electron chi connectivity index (χ0n) is 14.4. The molecule has 5 nitrogen and oxygen atoms in total. The van der Waals surface area contributed by atoms with Gasteiger partial charge in [0.15, 0.2) is 0 Å². The summed E-state index contributed by atoms with van der Waals surface area (Å²) in [6.45, 7) is 8.69. The van der Waals surface area contributed by atoms with Crippen LogP contribution in [0.5, 0.6) is 0 Å². The maximum Gasteiger partial charge on any atom is 0.312 e. The average Bonchev–Trinajstić information content (AvgIpc) is 2.54. The Morgan fingerprint density at radius 3 is 2.39 bits per heavy atom. The summed E-state index contributed by atoms with van der Waals surface area (Å²) in [6, 6.07) is 3.88. The van der Waals surface area contributed by atoms with Crippen LogP contribution in [0.15, 0.2) is 24.5 Å². The first-order valence-electron chi connectivity index (χ1n) is 8.48. The molecule has 1 aromatic heterocycles. The highest BCUT2D eigenvalue weighted by Gasteiger charge is 2.31. The van der Waals surface area contributed by atoms with Gasteiger partial charge < -0.3 is 9.80 Å². The molecular weight excluding hydrogens is 290 g/mol. The fraction of sp³-hybridized carbons (Fsp3) is 0.611. The van der Waals surface area contributed by atoms with Crippen LogP contribution in [0.1, 0.15) is 32.8 Å². The molecule has 2 unspecified atom stereocenters. The SMILES string of the molecule is CCN(CCc1ccncc1)C(=O)C(=O)N1CC(C)CC(C)C1. The Morgan fingerprint density at radius 2 is 1.83 bits per heavy atom. The maximum atomic E-state index is 12.5. The van der Waals surface area contributed by atoms with Crippen LogP contribution >= 0.6 is 0 Å². The normalized spacial score (nSPS) is 21.1. The first kappa shape index (κ1) is 17.4. The van der Waals surface area contributed by atoms with Crippen molar-refractivity contribution in [3.05, 3.63) is 30.1 Å². The van der Waals surface area contributed by atoms with E-state index in [0.717, 1.165) is 18.4 Å². The highest BCUT2D eigenvalue weighted by atomic mass is 16.2. The van der Waals surface area contributed by atoms with Gasteiger partial charge in [-0.25, -0.2) is 0 Å². The molecule has 0 aromatic carbocycles. The Balaban J connectivity index is 1.94. The van der Waals surface area contributed by atoms with Gasteiger partial charge in [0, 0.05) is 38.6 Å². The van der Waals surface area contributed by atoms with Crippen molar-refractivity contribution in [3.8, 4) is 0 Å². The van der Waals surface area contributed by atoms with Gasteiger partial charge >= 0.3 is 11.8 Å². The Kier molecular flexibility index (Phi) is 6.13. The van der Waals surface area contributed by atoms with E-state index in [1.54, 1.807) is 22.2 Å². The first-order valence-corrected chi connectivity index (χ1v) is 8.48. The van der Waals surface area contributed by atoms with Gasteiger partial charge in [-0.15, -0.1) is 0 Å². The summed E-state index contributed by atoms with van der Waals surface area (Å²) in [7, 11) is 0. The molecule has 0 bridgehead atoms. The lowest BCUT2D eigenvalue weighted by Crippen LogP contribution is -2.50. The highest BCUT2D eigenvalue weighted by Crippen LogP contribution is 2.21. The molecule has 2 rings (SSSR count). The van der Waals surface area contributed by atoms with Gasteiger partial charge in [0.25, 0.3) is 0 Å². The Labute approximate surface area is 138 Å². The van der Waals surface area contributed by atoms with E-state index in [-0.39, 0.29) is 11.8 Å². The number of amides is 2. The minimum absolute atomic E-state index is 0.347. The Morgan fingerprint density at radius 1 is 1.22 bits per heavy atom. The zero-order chi connectivity index (χ0) is 16.8. The highest BCUT2D eigenvalue weighted by molar-refractivity contribution is 6.34. The van der Waals surface area contributed by atoms with E-state index in [1.165, 1.54) is 0 Å². The Hall–Kier alpha value is -1.91. The molecule has 1 saturated heterocycles. The monoisotopic (exact) mass is 317 g/mol. The van der Waals surface area contributed by atoms with Gasteiger partial charge in [0.05, 0.1) is 0 Å². The first-order chi connectivity index (χ1) is 11.0. The summed E-state index contributed by atoms with van der Waals surface area (Å²) in [5, 5.41) is 0. The second-order valence-electron chi connectivity index (χ2n) is 6.65. The van der Waals surface area contributed by atoms with Crippen molar-refractivity contribution in [1.29, 1.82) is 0 Å². The summed E-state index contributed by atoms with van der Waals surface area (Å²) in [4.78, 5) is 32.4.